The van der Waals surface area contributed by atoms with Gasteiger partial charge in [0.05, 0.1) is 35.7 Å². The lowest BCUT2D eigenvalue weighted by atomic mass is 9.51. The molecule has 6 nitrogen and oxygen atoms in total. The first-order valence-electron chi connectivity index (χ1n) is 7.70. The Balaban J connectivity index is 1.93. The van der Waals surface area contributed by atoms with Crippen molar-refractivity contribution in [1.29, 1.82) is 0 Å². The van der Waals surface area contributed by atoms with Crippen LogP contribution in [0.3, 0.4) is 0 Å². The molecule has 1 saturated carbocycles. The fourth-order valence-electron chi connectivity index (χ4n) is 5.42. The molecule has 4 bridgehead atoms. The van der Waals surface area contributed by atoms with E-state index >= 15 is 0 Å². The summed E-state index contributed by atoms with van der Waals surface area (Å²) in [6, 6.07) is 0. The summed E-state index contributed by atoms with van der Waals surface area (Å²) in [5.41, 5.74) is -2.03. The van der Waals surface area contributed by atoms with Crippen molar-refractivity contribution in [3.8, 4) is 0 Å². The summed E-state index contributed by atoms with van der Waals surface area (Å²) in [6.07, 6.45) is 0.532. The molecule has 2 aliphatic carbocycles. The summed E-state index contributed by atoms with van der Waals surface area (Å²) in [7, 11) is 1.32. The number of hydrogen-bond donors (Lipinski definition) is 1. The maximum Gasteiger partial charge on any atom is 0.334 e. The topological polar surface area (TPSA) is 82.1 Å². The number of esters is 2. The first-order chi connectivity index (χ1) is 10.8. The summed E-state index contributed by atoms with van der Waals surface area (Å²) in [4.78, 5) is 24.8. The lowest BCUT2D eigenvalue weighted by Gasteiger charge is -2.57. The molecule has 0 aromatic heterocycles. The van der Waals surface area contributed by atoms with Crippen LogP contribution in [0.25, 0.3) is 0 Å². The van der Waals surface area contributed by atoms with Crippen LogP contribution in [0.2, 0.25) is 0 Å². The van der Waals surface area contributed by atoms with Gasteiger partial charge in [0, 0.05) is 16.8 Å². The molecule has 4 fully saturated rings. The van der Waals surface area contributed by atoms with Crippen molar-refractivity contribution in [2.75, 3.05) is 12.4 Å². The van der Waals surface area contributed by atoms with Gasteiger partial charge in [-0.1, -0.05) is 22.0 Å². The normalized spacial score (nSPS) is 52.9. The van der Waals surface area contributed by atoms with Gasteiger partial charge in [0.2, 0.25) is 0 Å². The molecular weight excluding hydrogens is 368 g/mol. The predicted molar refractivity (Wildman–Crippen MR) is 81.7 cm³/mol. The van der Waals surface area contributed by atoms with Crippen molar-refractivity contribution in [1.82, 2.24) is 0 Å². The van der Waals surface area contributed by atoms with E-state index in [9.17, 15) is 14.7 Å². The zero-order valence-corrected chi connectivity index (χ0v) is 14.8. The molecule has 7 heteroatoms. The van der Waals surface area contributed by atoms with Crippen molar-refractivity contribution in [2.45, 2.75) is 43.7 Å². The van der Waals surface area contributed by atoms with E-state index in [1.165, 1.54) is 7.11 Å². The Morgan fingerprint density at radius 1 is 1.52 bits per heavy atom. The number of methoxy groups -OCH3 is 1. The van der Waals surface area contributed by atoms with Crippen LogP contribution in [-0.2, 0) is 23.8 Å². The van der Waals surface area contributed by atoms with Gasteiger partial charge in [-0.15, -0.1) is 0 Å². The van der Waals surface area contributed by atoms with Crippen LogP contribution >= 0.6 is 15.9 Å². The number of carbonyl (C=O) groups is 2. The van der Waals surface area contributed by atoms with Crippen LogP contribution in [0.1, 0.15) is 20.3 Å². The van der Waals surface area contributed by atoms with E-state index in [0.717, 1.165) is 0 Å². The third-order valence-corrected chi connectivity index (χ3v) is 7.56. The molecule has 0 aromatic carbocycles. The number of halogens is 1. The van der Waals surface area contributed by atoms with Gasteiger partial charge in [-0.05, 0) is 20.3 Å². The van der Waals surface area contributed by atoms with Crippen molar-refractivity contribution < 1.29 is 28.9 Å². The molecule has 0 unspecified atom stereocenters. The number of aliphatic hydroxyl groups excluding tert-OH is 1. The lowest BCUT2D eigenvalue weighted by Crippen LogP contribution is -2.72. The van der Waals surface area contributed by atoms with Crippen LogP contribution in [0.4, 0.5) is 0 Å². The first-order valence-corrected chi connectivity index (χ1v) is 8.82. The van der Waals surface area contributed by atoms with E-state index in [4.69, 9.17) is 14.2 Å². The van der Waals surface area contributed by atoms with Crippen LogP contribution < -0.4 is 0 Å². The van der Waals surface area contributed by atoms with Crippen LogP contribution in [0.5, 0.6) is 0 Å². The molecule has 1 spiro atoms. The molecule has 7 atom stereocenters. The van der Waals surface area contributed by atoms with Crippen molar-refractivity contribution in [2.24, 2.45) is 17.3 Å². The molecule has 5 rings (SSSR count). The zero-order chi connectivity index (χ0) is 16.8. The number of alkyl halides is 1. The highest BCUT2D eigenvalue weighted by Crippen LogP contribution is 2.71. The van der Waals surface area contributed by atoms with Gasteiger partial charge in [0.15, 0.2) is 0 Å². The van der Waals surface area contributed by atoms with Crippen LogP contribution in [0.15, 0.2) is 11.6 Å². The van der Waals surface area contributed by atoms with Gasteiger partial charge in [0.1, 0.15) is 6.10 Å². The quantitative estimate of drug-likeness (QED) is 0.561. The van der Waals surface area contributed by atoms with E-state index < -0.39 is 40.7 Å². The molecule has 3 heterocycles. The fourth-order valence-corrected chi connectivity index (χ4v) is 5.91. The first kappa shape index (κ1) is 15.6. The average molecular weight is 387 g/mol. The van der Waals surface area contributed by atoms with Crippen molar-refractivity contribution >= 4 is 27.9 Å². The van der Waals surface area contributed by atoms with E-state index in [1.807, 2.05) is 13.8 Å². The monoisotopic (exact) mass is 386 g/mol. The molecule has 3 saturated heterocycles. The standard InChI is InChI=1S/C16H19BrO6/c1-14(6-17)8-9-13(20)22-11(10(8)18)15(2)7(12(19)21-3)4-5-16(9,15)23-14/h4,8-11,18H,5-6H2,1-3H3/t8-,9+,10+,11+,14+,15+,16+/m0/s1. The highest BCUT2D eigenvalue weighted by molar-refractivity contribution is 9.09. The number of aliphatic hydroxyl groups is 1. The number of rotatable bonds is 2. The molecular formula is C16H19BrO6. The largest absolute Gasteiger partial charge is 0.466 e. The Bertz CT molecular complexity index is 646. The second-order valence-electron chi connectivity index (χ2n) is 7.31. The fraction of sp³-hybridized carbons (Fsp3) is 0.750. The Hall–Kier alpha value is -0.920. The Morgan fingerprint density at radius 3 is 2.83 bits per heavy atom. The minimum Gasteiger partial charge on any atom is -0.466 e. The third-order valence-electron chi connectivity index (χ3n) is 6.44. The van der Waals surface area contributed by atoms with Crippen LogP contribution in [0, 0.1) is 17.3 Å². The third kappa shape index (κ3) is 1.44. The molecule has 5 aliphatic rings. The molecule has 0 aromatic rings. The number of hydrogen-bond acceptors (Lipinski definition) is 6. The van der Waals surface area contributed by atoms with E-state index in [0.29, 0.717) is 17.3 Å². The summed E-state index contributed by atoms with van der Waals surface area (Å²) < 4.78 is 16.9. The van der Waals surface area contributed by atoms with Crippen molar-refractivity contribution in [3.63, 3.8) is 0 Å². The smallest absolute Gasteiger partial charge is 0.334 e. The van der Waals surface area contributed by atoms with Crippen LogP contribution in [-0.4, -0.2) is 52.9 Å². The Kier molecular flexibility index (Phi) is 2.97. The molecule has 3 aliphatic heterocycles. The maximum absolute atomic E-state index is 12.5. The number of fused-ring (bicyclic) bond motifs is 1. The molecule has 126 valence electrons. The minimum absolute atomic E-state index is 0.341. The Morgan fingerprint density at radius 2 is 2.22 bits per heavy atom. The maximum atomic E-state index is 12.5. The second kappa shape index (κ2) is 4.37. The number of carbonyl (C=O) groups excluding carboxylic acids is 2. The summed E-state index contributed by atoms with van der Waals surface area (Å²) in [5, 5.41) is 11.4. The van der Waals surface area contributed by atoms with Gasteiger partial charge in [-0.3, -0.25) is 4.79 Å². The summed E-state index contributed by atoms with van der Waals surface area (Å²) in [6.45, 7) is 3.74. The summed E-state index contributed by atoms with van der Waals surface area (Å²) in [5.74, 6) is -1.75. The van der Waals surface area contributed by atoms with Crippen molar-refractivity contribution in [3.05, 3.63) is 11.6 Å². The molecule has 23 heavy (non-hydrogen) atoms. The molecule has 0 radical (unpaired) electrons. The van der Waals surface area contributed by atoms with E-state index in [1.54, 1.807) is 6.08 Å². The number of ether oxygens (including phenoxy) is 3. The van der Waals surface area contributed by atoms with E-state index in [2.05, 4.69) is 15.9 Å². The zero-order valence-electron chi connectivity index (χ0n) is 13.2. The van der Waals surface area contributed by atoms with Gasteiger partial charge >= 0.3 is 11.9 Å². The Labute approximate surface area is 142 Å². The second-order valence-corrected chi connectivity index (χ2v) is 7.87. The van der Waals surface area contributed by atoms with Gasteiger partial charge in [-0.25, -0.2) is 4.79 Å². The average Bonchev–Trinajstić information content (AvgIpc) is 2.97. The SMILES string of the molecule is COC(=O)C1=CC[C@@]23O[C@](C)(CBr)[C@@H]4[C@@H](O)[C@@H](OC(=O)[C@@H]42)[C@@]13C. The lowest BCUT2D eigenvalue weighted by molar-refractivity contribution is -0.249. The summed E-state index contributed by atoms with van der Waals surface area (Å²) >= 11 is 3.46. The highest BCUT2D eigenvalue weighted by Gasteiger charge is 2.83. The highest BCUT2D eigenvalue weighted by atomic mass is 79.9. The van der Waals surface area contributed by atoms with Gasteiger partial charge < -0.3 is 19.3 Å². The van der Waals surface area contributed by atoms with Gasteiger partial charge in [-0.2, -0.15) is 0 Å². The minimum atomic E-state index is -0.908. The van der Waals surface area contributed by atoms with E-state index in [-0.39, 0.29) is 11.9 Å². The predicted octanol–water partition coefficient (Wildman–Crippen LogP) is 0.951. The molecule has 0 amide bonds. The molecule has 1 N–H and O–H groups in total. The van der Waals surface area contributed by atoms with Gasteiger partial charge in [0.25, 0.3) is 0 Å².